The summed E-state index contributed by atoms with van der Waals surface area (Å²) in [7, 11) is -10.8. The standard InChI is InChI=1S/C7H3Cl5O7S2.H2O/c8-3-2(4(9)6(11)7(12)5(3)10)1-19(20(13,14)15)21(16,17)18;/h1H2,(H-,13,14,15,16,17,18);1H2. The summed E-state index contributed by atoms with van der Waals surface area (Å²) in [6.45, 7) is -1.23. The first-order valence-electron chi connectivity index (χ1n) is 4.45. The number of hydrogen-bond donors (Lipinski definition) is 2. The molecule has 22 heavy (non-hydrogen) atoms. The van der Waals surface area contributed by atoms with Gasteiger partial charge in [0.15, 0.2) is 0 Å². The molecule has 0 bridgehead atoms. The fourth-order valence-electron chi connectivity index (χ4n) is 1.15. The van der Waals surface area contributed by atoms with Gasteiger partial charge < -0.3 is 5.48 Å². The fraction of sp³-hybridized carbons (Fsp3) is 0.143. The first-order chi connectivity index (χ1) is 9.28. The maximum absolute atomic E-state index is 11.0. The van der Waals surface area contributed by atoms with Crippen molar-refractivity contribution in [2.45, 2.75) is 6.61 Å². The maximum Gasteiger partial charge on any atom is 0.547 e. The Bertz CT molecular complexity index is 729. The van der Waals surface area contributed by atoms with Gasteiger partial charge in [-0.2, -0.15) is 3.26 Å². The minimum atomic E-state index is -5.41. The van der Waals surface area contributed by atoms with Crippen molar-refractivity contribution in [3.05, 3.63) is 30.7 Å². The lowest BCUT2D eigenvalue weighted by Gasteiger charge is -2.14. The van der Waals surface area contributed by atoms with E-state index in [-0.39, 0.29) is 20.5 Å². The molecule has 0 aliphatic heterocycles. The maximum atomic E-state index is 11.0. The van der Waals surface area contributed by atoms with E-state index in [9.17, 15) is 16.8 Å². The first-order valence-corrected chi connectivity index (χ1v) is 9.07. The summed E-state index contributed by atoms with van der Waals surface area (Å²) in [5.41, 5.74) is -0.419. The molecule has 0 unspecified atom stereocenters. The molecule has 128 valence electrons. The van der Waals surface area contributed by atoms with Crippen LogP contribution in [0.1, 0.15) is 5.56 Å². The highest BCUT2D eigenvalue weighted by Gasteiger charge is 2.41. The van der Waals surface area contributed by atoms with Gasteiger partial charge in [0, 0.05) is 0 Å². The Hall–Kier alpha value is 0.410. The van der Waals surface area contributed by atoms with E-state index >= 15 is 0 Å². The largest absolute Gasteiger partial charge is 0.870 e. The number of halogens is 5. The van der Waals surface area contributed by atoms with Crippen LogP contribution in [0.3, 0.4) is 0 Å². The van der Waals surface area contributed by atoms with E-state index in [2.05, 4.69) is 0 Å². The van der Waals surface area contributed by atoms with Crippen LogP contribution in [0.25, 0.3) is 0 Å². The van der Waals surface area contributed by atoms with Crippen LogP contribution in [-0.2, 0) is 30.7 Å². The summed E-state index contributed by atoms with van der Waals surface area (Å²) in [5.74, 6) is 0. The molecule has 0 amide bonds. The summed E-state index contributed by atoms with van der Waals surface area (Å²) < 4.78 is 61.8. The van der Waals surface area contributed by atoms with Crippen molar-refractivity contribution in [2.75, 3.05) is 0 Å². The molecule has 0 fully saturated rings. The SMILES string of the molecule is O=S(=O)(O)[O+](Cc1c(Cl)c(Cl)c(Cl)c(Cl)c1Cl)S(=O)(=O)O.[OH-]. The molecule has 1 aromatic carbocycles. The summed E-state index contributed by atoms with van der Waals surface area (Å²) in [6, 6.07) is 0. The highest BCUT2D eigenvalue weighted by Crippen LogP contribution is 2.45. The van der Waals surface area contributed by atoms with Gasteiger partial charge in [0.2, 0.25) is 6.61 Å². The predicted molar refractivity (Wildman–Crippen MR) is 81.3 cm³/mol. The lowest BCUT2D eigenvalue weighted by atomic mass is 10.2. The number of rotatable bonds is 4. The lowest BCUT2D eigenvalue weighted by molar-refractivity contribution is 0.126. The van der Waals surface area contributed by atoms with E-state index in [4.69, 9.17) is 67.1 Å². The normalized spacial score (nSPS) is 12.4. The molecular formula is C7H5Cl5O8S2. The van der Waals surface area contributed by atoms with Crippen LogP contribution < -0.4 is 0 Å². The van der Waals surface area contributed by atoms with Gasteiger partial charge in [0.05, 0.1) is 30.7 Å². The van der Waals surface area contributed by atoms with Crippen molar-refractivity contribution in [1.29, 1.82) is 0 Å². The highest BCUT2D eigenvalue weighted by atomic mass is 35.5. The molecule has 1 aromatic rings. The zero-order chi connectivity index (χ0) is 16.7. The molecular weight excluding hydrogens is 453 g/mol. The minimum absolute atomic E-state index is 0. The summed E-state index contributed by atoms with van der Waals surface area (Å²) in [4.78, 5) is 0. The van der Waals surface area contributed by atoms with Crippen molar-refractivity contribution in [3.63, 3.8) is 0 Å². The Morgan fingerprint density at radius 1 is 0.727 bits per heavy atom. The molecule has 0 aromatic heterocycles. The van der Waals surface area contributed by atoms with Crippen LogP contribution in [-0.4, -0.2) is 31.4 Å². The molecule has 0 radical (unpaired) electrons. The zero-order valence-corrected chi connectivity index (χ0v) is 15.2. The smallest absolute Gasteiger partial charge is 0.547 e. The third kappa shape index (κ3) is 4.71. The summed E-state index contributed by atoms with van der Waals surface area (Å²) >= 11 is 28.7. The van der Waals surface area contributed by atoms with Crippen molar-refractivity contribution in [1.82, 2.24) is 0 Å². The number of hydrogen-bond acceptors (Lipinski definition) is 5. The average Bonchev–Trinajstić information content (AvgIpc) is 2.30. The fourth-order valence-corrected chi connectivity index (χ4v) is 3.84. The topological polar surface area (TPSA) is 141 Å². The van der Waals surface area contributed by atoms with Gasteiger partial charge in [-0.15, -0.1) is 16.8 Å². The van der Waals surface area contributed by atoms with Crippen molar-refractivity contribution < 1.29 is 34.7 Å². The molecule has 0 saturated carbocycles. The van der Waals surface area contributed by atoms with Gasteiger partial charge in [-0.05, 0) is 0 Å². The van der Waals surface area contributed by atoms with Crippen LogP contribution in [0.5, 0.6) is 0 Å². The van der Waals surface area contributed by atoms with Gasteiger partial charge in [-0.1, -0.05) is 58.0 Å². The van der Waals surface area contributed by atoms with E-state index in [1.807, 2.05) is 0 Å². The summed E-state index contributed by atoms with van der Waals surface area (Å²) in [6.07, 6.45) is 0. The molecule has 0 atom stereocenters. The number of benzene rings is 1. The Balaban J connectivity index is 0.00000441. The minimum Gasteiger partial charge on any atom is -0.870 e. The van der Waals surface area contributed by atoms with Crippen LogP contribution >= 0.6 is 58.0 Å². The average molecular weight is 459 g/mol. The second-order valence-corrected chi connectivity index (χ2v) is 7.97. The van der Waals surface area contributed by atoms with E-state index in [0.29, 0.717) is 3.26 Å². The monoisotopic (exact) mass is 456 g/mol. The second-order valence-electron chi connectivity index (χ2n) is 3.35. The first kappa shape index (κ1) is 22.4. The van der Waals surface area contributed by atoms with Crippen LogP contribution in [0.4, 0.5) is 0 Å². The molecule has 0 spiro atoms. The molecule has 0 saturated heterocycles. The molecule has 0 aliphatic rings. The molecule has 3 N–H and O–H groups in total. The third-order valence-electron chi connectivity index (χ3n) is 2.03. The molecule has 0 aliphatic carbocycles. The molecule has 0 heterocycles. The van der Waals surface area contributed by atoms with Crippen LogP contribution in [0.2, 0.25) is 25.1 Å². The quantitative estimate of drug-likeness (QED) is 0.305. The van der Waals surface area contributed by atoms with Crippen molar-refractivity contribution in [3.8, 4) is 0 Å². The Kier molecular flexibility index (Phi) is 7.67. The molecule has 8 nitrogen and oxygen atoms in total. The van der Waals surface area contributed by atoms with Crippen LogP contribution in [0.15, 0.2) is 0 Å². The Labute approximate surface area is 150 Å². The van der Waals surface area contributed by atoms with Crippen molar-refractivity contribution in [2.24, 2.45) is 0 Å². The second kappa shape index (κ2) is 7.53. The Morgan fingerprint density at radius 3 is 1.27 bits per heavy atom. The van der Waals surface area contributed by atoms with Crippen molar-refractivity contribution >= 4 is 78.8 Å². The Morgan fingerprint density at radius 2 is 1.00 bits per heavy atom. The lowest BCUT2D eigenvalue weighted by Crippen LogP contribution is -2.28. The predicted octanol–water partition coefficient (Wildman–Crippen LogP) is 3.43. The zero-order valence-electron chi connectivity index (χ0n) is 9.80. The van der Waals surface area contributed by atoms with E-state index < -0.39 is 43.0 Å². The van der Waals surface area contributed by atoms with Crippen LogP contribution in [0, 0.1) is 0 Å². The van der Waals surface area contributed by atoms with E-state index in [1.165, 1.54) is 0 Å². The van der Waals surface area contributed by atoms with E-state index in [1.54, 1.807) is 0 Å². The van der Waals surface area contributed by atoms with E-state index in [0.717, 1.165) is 0 Å². The van der Waals surface area contributed by atoms with Gasteiger partial charge in [-0.3, -0.25) is 0 Å². The van der Waals surface area contributed by atoms with Gasteiger partial charge in [0.1, 0.15) is 0 Å². The molecule has 1 rings (SSSR count). The van der Waals surface area contributed by atoms with Gasteiger partial charge in [0.25, 0.3) is 0 Å². The molecule has 15 heteroatoms. The third-order valence-corrected chi connectivity index (χ3v) is 6.59. The highest BCUT2D eigenvalue weighted by molar-refractivity contribution is 7.95. The van der Waals surface area contributed by atoms with Gasteiger partial charge in [-0.25, -0.2) is 9.11 Å². The summed E-state index contributed by atoms with van der Waals surface area (Å²) in [5, 5.41) is -1.73. The van der Waals surface area contributed by atoms with Gasteiger partial charge >= 0.3 is 20.8 Å².